The molecule has 0 radical (unpaired) electrons. The first kappa shape index (κ1) is 15.4. The molecule has 2 aromatic rings. The average Bonchev–Trinajstić information content (AvgIpc) is 2.44. The number of nitrogens with one attached hydrogen (secondary N) is 2. The molecule has 0 aliphatic rings. The third-order valence-electron chi connectivity index (χ3n) is 2.74. The van der Waals surface area contributed by atoms with E-state index < -0.39 is 0 Å². The Kier molecular flexibility index (Phi) is 5.25. The van der Waals surface area contributed by atoms with Crippen LogP contribution in [0, 0.1) is 12.7 Å². The Morgan fingerprint density at radius 1 is 1.29 bits per heavy atom. The lowest BCUT2D eigenvalue weighted by molar-refractivity contribution is 0.627. The molecule has 0 amide bonds. The molecule has 0 saturated heterocycles. The van der Waals surface area contributed by atoms with Crippen molar-refractivity contribution in [2.45, 2.75) is 6.92 Å². The second-order valence-corrected chi connectivity index (χ2v) is 5.11. The van der Waals surface area contributed by atoms with Crippen LogP contribution in [0.4, 0.5) is 10.1 Å². The van der Waals surface area contributed by atoms with Crippen molar-refractivity contribution in [2.24, 2.45) is 5.10 Å². The van der Waals surface area contributed by atoms with Gasteiger partial charge in [0.1, 0.15) is 5.82 Å². The van der Waals surface area contributed by atoms with Gasteiger partial charge in [-0.3, -0.25) is 5.43 Å². The number of rotatable bonds is 3. The fourth-order valence-corrected chi connectivity index (χ4v) is 1.98. The SMILES string of the molecule is Cc1c(Cl)cccc1NC(=S)N/N=C\c1cccc(F)c1. The molecule has 0 bridgehead atoms. The molecule has 6 heteroatoms. The summed E-state index contributed by atoms with van der Waals surface area (Å²) in [6.45, 7) is 1.89. The van der Waals surface area contributed by atoms with E-state index in [1.54, 1.807) is 18.2 Å². The van der Waals surface area contributed by atoms with Gasteiger partial charge in [0.2, 0.25) is 0 Å². The van der Waals surface area contributed by atoms with Crippen molar-refractivity contribution in [1.29, 1.82) is 0 Å². The number of benzene rings is 2. The van der Waals surface area contributed by atoms with Gasteiger partial charge < -0.3 is 5.32 Å². The van der Waals surface area contributed by atoms with Crippen molar-refractivity contribution in [3.05, 3.63) is 64.4 Å². The van der Waals surface area contributed by atoms with E-state index in [1.807, 2.05) is 19.1 Å². The zero-order valence-corrected chi connectivity index (χ0v) is 12.8. The molecular weight excluding hydrogens is 309 g/mol. The maximum absolute atomic E-state index is 13.0. The van der Waals surface area contributed by atoms with E-state index >= 15 is 0 Å². The fourth-order valence-electron chi connectivity index (χ4n) is 1.65. The van der Waals surface area contributed by atoms with E-state index in [2.05, 4.69) is 15.8 Å². The zero-order valence-electron chi connectivity index (χ0n) is 11.2. The summed E-state index contributed by atoms with van der Waals surface area (Å²) in [6, 6.07) is 11.6. The molecule has 0 aliphatic carbocycles. The first-order valence-electron chi connectivity index (χ1n) is 6.17. The molecule has 0 aliphatic heterocycles. The highest BCUT2D eigenvalue weighted by atomic mass is 35.5. The maximum atomic E-state index is 13.0. The lowest BCUT2D eigenvalue weighted by atomic mass is 10.2. The van der Waals surface area contributed by atoms with Crippen molar-refractivity contribution in [1.82, 2.24) is 5.43 Å². The van der Waals surface area contributed by atoms with E-state index in [0.29, 0.717) is 15.7 Å². The molecular formula is C15H13ClFN3S. The first-order chi connectivity index (χ1) is 10.1. The normalized spacial score (nSPS) is 10.6. The second kappa shape index (κ2) is 7.15. The molecule has 0 unspecified atom stereocenters. The maximum Gasteiger partial charge on any atom is 0.191 e. The number of anilines is 1. The Bertz CT molecular complexity index is 688. The Labute approximate surface area is 132 Å². The predicted octanol–water partition coefficient (Wildman–Crippen LogP) is 4.11. The predicted molar refractivity (Wildman–Crippen MR) is 89.5 cm³/mol. The first-order valence-corrected chi connectivity index (χ1v) is 6.95. The van der Waals surface area contributed by atoms with Crippen molar-refractivity contribution >= 4 is 40.8 Å². The van der Waals surface area contributed by atoms with E-state index in [-0.39, 0.29) is 5.82 Å². The number of halogens is 2. The second-order valence-electron chi connectivity index (χ2n) is 4.29. The molecule has 0 fully saturated rings. The van der Waals surface area contributed by atoms with E-state index in [0.717, 1.165) is 11.3 Å². The standard InChI is InChI=1S/C15H13ClFN3S/c1-10-13(16)6-3-7-14(10)19-15(21)20-18-9-11-4-2-5-12(17)8-11/h2-9H,1H3,(H2,19,20,21)/b18-9-. The van der Waals surface area contributed by atoms with Crippen LogP contribution in [-0.2, 0) is 0 Å². The Hall–Kier alpha value is -1.98. The van der Waals surface area contributed by atoms with Gasteiger partial charge in [-0.2, -0.15) is 5.10 Å². The van der Waals surface area contributed by atoms with Crippen LogP contribution in [0.15, 0.2) is 47.6 Å². The van der Waals surface area contributed by atoms with Gasteiger partial charge in [0.15, 0.2) is 5.11 Å². The average molecular weight is 322 g/mol. The van der Waals surface area contributed by atoms with Crippen LogP contribution in [0.3, 0.4) is 0 Å². The molecule has 108 valence electrons. The van der Waals surface area contributed by atoms with Gasteiger partial charge in [0, 0.05) is 10.7 Å². The quantitative estimate of drug-likeness (QED) is 0.507. The van der Waals surface area contributed by atoms with E-state index in [9.17, 15) is 4.39 Å². The van der Waals surface area contributed by atoms with Crippen LogP contribution in [-0.4, -0.2) is 11.3 Å². The van der Waals surface area contributed by atoms with Crippen molar-refractivity contribution in [2.75, 3.05) is 5.32 Å². The van der Waals surface area contributed by atoms with Crippen molar-refractivity contribution in [3.63, 3.8) is 0 Å². The number of hydrogen-bond donors (Lipinski definition) is 2. The van der Waals surface area contributed by atoms with Crippen LogP contribution in [0.1, 0.15) is 11.1 Å². The summed E-state index contributed by atoms with van der Waals surface area (Å²) in [5, 5.41) is 7.93. The van der Waals surface area contributed by atoms with Gasteiger partial charge in [-0.25, -0.2) is 4.39 Å². The van der Waals surface area contributed by atoms with Crippen LogP contribution in [0.5, 0.6) is 0 Å². The lowest BCUT2D eigenvalue weighted by Crippen LogP contribution is -2.24. The monoisotopic (exact) mass is 321 g/mol. The third kappa shape index (κ3) is 4.51. The summed E-state index contributed by atoms with van der Waals surface area (Å²) in [5.74, 6) is -0.311. The van der Waals surface area contributed by atoms with E-state index in [4.69, 9.17) is 23.8 Å². The summed E-state index contributed by atoms with van der Waals surface area (Å²) in [6.07, 6.45) is 1.49. The van der Waals surface area contributed by atoms with Gasteiger partial charge in [0.05, 0.1) is 6.21 Å². The Balaban J connectivity index is 1.95. The van der Waals surface area contributed by atoms with Gasteiger partial charge >= 0.3 is 0 Å². The molecule has 0 heterocycles. The molecule has 0 atom stereocenters. The minimum absolute atomic E-state index is 0.311. The third-order valence-corrected chi connectivity index (χ3v) is 3.35. The number of thiocarbonyl (C=S) groups is 1. The molecule has 2 rings (SSSR count). The zero-order chi connectivity index (χ0) is 15.2. The van der Waals surface area contributed by atoms with Gasteiger partial charge in [0.25, 0.3) is 0 Å². The van der Waals surface area contributed by atoms with Crippen LogP contribution in [0.2, 0.25) is 5.02 Å². The highest BCUT2D eigenvalue weighted by Gasteiger charge is 2.03. The summed E-state index contributed by atoms with van der Waals surface area (Å²) >= 11 is 11.2. The Morgan fingerprint density at radius 3 is 2.81 bits per heavy atom. The summed E-state index contributed by atoms with van der Waals surface area (Å²) in [4.78, 5) is 0. The number of hydrazone groups is 1. The Morgan fingerprint density at radius 2 is 2.05 bits per heavy atom. The molecule has 0 aromatic heterocycles. The molecule has 2 N–H and O–H groups in total. The van der Waals surface area contributed by atoms with E-state index in [1.165, 1.54) is 18.3 Å². The largest absolute Gasteiger partial charge is 0.331 e. The summed E-state index contributed by atoms with van der Waals surface area (Å²) < 4.78 is 13.0. The summed E-state index contributed by atoms with van der Waals surface area (Å²) in [5.41, 5.74) is 5.02. The lowest BCUT2D eigenvalue weighted by Gasteiger charge is -2.10. The highest BCUT2D eigenvalue weighted by Crippen LogP contribution is 2.22. The molecule has 21 heavy (non-hydrogen) atoms. The smallest absolute Gasteiger partial charge is 0.191 e. The fraction of sp³-hybridized carbons (Fsp3) is 0.0667. The topological polar surface area (TPSA) is 36.4 Å². The minimum Gasteiger partial charge on any atom is -0.331 e. The van der Waals surface area contributed by atoms with Crippen LogP contribution >= 0.6 is 23.8 Å². The van der Waals surface area contributed by atoms with Gasteiger partial charge in [-0.1, -0.05) is 29.8 Å². The van der Waals surface area contributed by atoms with Gasteiger partial charge in [-0.05, 0) is 54.5 Å². The van der Waals surface area contributed by atoms with Crippen molar-refractivity contribution in [3.8, 4) is 0 Å². The molecule has 0 spiro atoms. The minimum atomic E-state index is -0.311. The molecule has 2 aromatic carbocycles. The highest BCUT2D eigenvalue weighted by molar-refractivity contribution is 7.80. The van der Waals surface area contributed by atoms with Gasteiger partial charge in [-0.15, -0.1) is 0 Å². The summed E-state index contributed by atoms with van der Waals surface area (Å²) in [7, 11) is 0. The number of nitrogens with zero attached hydrogens (tertiary/aromatic N) is 1. The van der Waals surface area contributed by atoms with Crippen LogP contribution < -0.4 is 10.7 Å². The molecule has 3 nitrogen and oxygen atoms in total. The number of hydrogen-bond acceptors (Lipinski definition) is 2. The van der Waals surface area contributed by atoms with Crippen molar-refractivity contribution < 1.29 is 4.39 Å². The molecule has 0 saturated carbocycles. The van der Waals surface area contributed by atoms with Crippen LogP contribution in [0.25, 0.3) is 0 Å².